The minimum atomic E-state index is 0.520. The van der Waals surface area contributed by atoms with Gasteiger partial charge in [0, 0.05) is 19.3 Å². The Hall–Kier alpha value is -2.03. The number of nitrogens with two attached hydrogens (primary N) is 1. The van der Waals surface area contributed by atoms with Crippen LogP contribution in [-0.4, -0.2) is 22.5 Å². The quantitative estimate of drug-likeness (QED) is 0.342. The Morgan fingerprint density at radius 2 is 2.00 bits per heavy atom. The molecule has 0 amide bonds. The van der Waals surface area contributed by atoms with Crippen LogP contribution < -0.4 is 11.2 Å². The van der Waals surface area contributed by atoms with Crippen molar-refractivity contribution in [2.45, 2.75) is 78.2 Å². The van der Waals surface area contributed by atoms with Gasteiger partial charge in [-0.25, -0.2) is 0 Å². The van der Waals surface area contributed by atoms with Gasteiger partial charge in [0.25, 0.3) is 0 Å². The zero-order chi connectivity index (χ0) is 17.9. The summed E-state index contributed by atoms with van der Waals surface area (Å²) in [5.41, 5.74) is 8.47. The van der Waals surface area contributed by atoms with Crippen molar-refractivity contribution in [2.24, 2.45) is 5.10 Å². The molecule has 1 rings (SSSR count). The van der Waals surface area contributed by atoms with Gasteiger partial charge in [-0.2, -0.15) is 15.5 Å². The van der Waals surface area contributed by atoms with E-state index in [1.165, 1.54) is 44.9 Å². The van der Waals surface area contributed by atoms with Crippen molar-refractivity contribution in [1.82, 2.24) is 15.2 Å². The van der Waals surface area contributed by atoms with Gasteiger partial charge in [0.05, 0.1) is 18.7 Å². The average molecular weight is 335 g/mol. The summed E-state index contributed by atoms with van der Waals surface area (Å²) in [4.78, 5) is 0. The number of nitrogens with one attached hydrogen (secondary N) is 1. The lowest BCUT2D eigenvalue weighted by atomic mass is 10.2. The third-order valence-corrected chi connectivity index (χ3v) is 3.44. The van der Waals surface area contributed by atoms with Gasteiger partial charge in [-0.3, -0.25) is 4.68 Å². The monoisotopic (exact) mass is 334 g/mol. The highest BCUT2D eigenvalue weighted by Gasteiger charge is 1.95. The second-order valence-electron chi connectivity index (χ2n) is 5.66. The van der Waals surface area contributed by atoms with Gasteiger partial charge in [-0.15, -0.1) is 0 Å². The standard InChI is InChI=1S/2C9H17N3/c1-2-3-4-5-8-12-9(10)6-7-11-12;1-2-3-4-5-8-11-12-9-6-7-10/h6-7H,2-5,8,10H2,1H3;8,12H,2-6,9H2,1H3/b;11-8+. The highest BCUT2D eigenvalue weighted by Crippen LogP contribution is 2.05. The molecule has 0 saturated carbocycles. The highest BCUT2D eigenvalue weighted by molar-refractivity contribution is 5.56. The fourth-order valence-corrected chi connectivity index (χ4v) is 2.01. The van der Waals surface area contributed by atoms with E-state index in [0.717, 1.165) is 18.8 Å². The molecule has 136 valence electrons. The van der Waals surface area contributed by atoms with E-state index >= 15 is 0 Å². The first-order valence-corrected chi connectivity index (χ1v) is 9.14. The molecule has 6 nitrogen and oxygen atoms in total. The lowest BCUT2D eigenvalue weighted by Gasteiger charge is -2.02. The number of aryl methyl sites for hydroxylation is 1. The Morgan fingerprint density at radius 3 is 2.62 bits per heavy atom. The second kappa shape index (κ2) is 17.3. The maximum Gasteiger partial charge on any atom is 0.121 e. The van der Waals surface area contributed by atoms with Gasteiger partial charge >= 0.3 is 0 Å². The molecule has 0 aliphatic heterocycles. The SMILES string of the molecule is CCCCC/C=N/NCCC#N.CCCCCCn1nccc1N. The van der Waals surface area contributed by atoms with Crippen LogP contribution in [0.15, 0.2) is 17.4 Å². The molecule has 1 heterocycles. The van der Waals surface area contributed by atoms with E-state index < -0.39 is 0 Å². The molecule has 0 spiro atoms. The van der Waals surface area contributed by atoms with Crippen LogP contribution in [0.1, 0.15) is 71.6 Å². The minimum absolute atomic E-state index is 0.520. The van der Waals surface area contributed by atoms with Crippen LogP contribution in [0.4, 0.5) is 5.82 Å². The number of unbranched alkanes of at least 4 members (excludes halogenated alkanes) is 6. The molecule has 0 aliphatic rings. The largest absolute Gasteiger partial charge is 0.384 e. The van der Waals surface area contributed by atoms with Gasteiger partial charge in [-0.05, 0) is 25.3 Å². The summed E-state index contributed by atoms with van der Waals surface area (Å²) in [6.07, 6.45) is 13.9. The predicted molar refractivity (Wildman–Crippen MR) is 102 cm³/mol. The Labute approximate surface area is 147 Å². The predicted octanol–water partition coefficient (Wildman–Crippen LogP) is 4.10. The van der Waals surface area contributed by atoms with Crippen LogP contribution in [-0.2, 0) is 6.54 Å². The van der Waals surface area contributed by atoms with Crippen molar-refractivity contribution >= 4 is 12.0 Å². The van der Waals surface area contributed by atoms with Crippen molar-refractivity contribution in [3.63, 3.8) is 0 Å². The number of hydrazone groups is 1. The van der Waals surface area contributed by atoms with Gasteiger partial charge < -0.3 is 11.2 Å². The smallest absolute Gasteiger partial charge is 0.121 e. The lowest BCUT2D eigenvalue weighted by Crippen LogP contribution is -2.06. The zero-order valence-corrected chi connectivity index (χ0v) is 15.4. The molecule has 0 radical (unpaired) electrons. The molecule has 0 fully saturated rings. The molecule has 6 heteroatoms. The average Bonchev–Trinajstić information content (AvgIpc) is 3.00. The number of nitriles is 1. The van der Waals surface area contributed by atoms with Crippen molar-refractivity contribution in [3.05, 3.63) is 12.3 Å². The zero-order valence-electron chi connectivity index (χ0n) is 15.4. The van der Waals surface area contributed by atoms with E-state index in [0.29, 0.717) is 13.0 Å². The van der Waals surface area contributed by atoms with Crippen LogP contribution >= 0.6 is 0 Å². The molecule has 0 aliphatic carbocycles. The summed E-state index contributed by atoms with van der Waals surface area (Å²) >= 11 is 0. The van der Waals surface area contributed by atoms with E-state index in [1.807, 2.05) is 23.0 Å². The molecule has 0 bridgehead atoms. The van der Waals surface area contributed by atoms with E-state index in [9.17, 15) is 0 Å². The summed E-state index contributed by atoms with van der Waals surface area (Å²) in [5, 5.41) is 16.3. The van der Waals surface area contributed by atoms with E-state index in [1.54, 1.807) is 6.20 Å². The van der Waals surface area contributed by atoms with Crippen molar-refractivity contribution in [3.8, 4) is 6.07 Å². The summed E-state index contributed by atoms with van der Waals surface area (Å²) in [6, 6.07) is 3.88. The molecular formula is C18H34N6. The summed E-state index contributed by atoms with van der Waals surface area (Å²) < 4.78 is 1.86. The topological polar surface area (TPSA) is 92.0 Å². The van der Waals surface area contributed by atoms with Crippen LogP contribution in [0.5, 0.6) is 0 Å². The molecule has 0 aromatic carbocycles. The maximum atomic E-state index is 8.20. The normalized spacial score (nSPS) is 10.2. The van der Waals surface area contributed by atoms with Crippen molar-refractivity contribution in [1.29, 1.82) is 5.26 Å². The third-order valence-electron chi connectivity index (χ3n) is 3.44. The Balaban J connectivity index is 0.000000441. The third kappa shape index (κ3) is 13.6. The van der Waals surface area contributed by atoms with Gasteiger partial charge in [0.1, 0.15) is 5.82 Å². The van der Waals surface area contributed by atoms with Crippen molar-refractivity contribution < 1.29 is 0 Å². The molecule has 0 saturated heterocycles. The molecule has 3 N–H and O–H groups in total. The van der Waals surface area contributed by atoms with E-state index in [-0.39, 0.29) is 0 Å². The number of nitrogens with zero attached hydrogens (tertiary/aromatic N) is 4. The van der Waals surface area contributed by atoms with Crippen LogP contribution in [0, 0.1) is 11.3 Å². The van der Waals surface area contributed by atoms with E-state index in [2.05, 4.69) is 29.5 Å². The van der Waals surface area contributed by atoms with Gasteiger partial charge in [0.2, 0.25) is 0 Å². The first-order chi connectivity index (χ1) is 11.8. The maximum absolute atomic E-state index is 8.20. The number of rotatable bonds is 12. The van der Waals surface area contributed by atoms with E-state index in [4.69, 9.17) is 11.0 Å². The van der Waals surface area contributed by atoms with Crippen molar-refractivity contribution in [2.75, 3.05) is 12.3 Å². The summed E-state index contributed by atoms with van der Waals surface area (Å²) in [7, 11) is 0. The number of aromatic nitrogens is 2. The number of hydrogen-bond donors (Lipinski definition) is 2. The lowest BCUT2D eigenvalue weighted by molar-refractivity contribution is 0.547. The summed E-state index contributed by atoms with van der Waals surface area (Å²) in [6.45, 7) is 6.00. The fourth-order valence-electron chi connectivity index (χ4n) is 2.01. The molecule has 24 heavy (non-hydrogen) atoms. The molecule has 0 unspecified atom stereocenters. The van der Waals surface area contributed by atoms with Crippen LogP contribution in [0.3, 0.4) is 0 Å². The molecule has 1 aromatic rings. The first kappa shape index (κ1) is 22.0. The molecular weight excluding hydrogens is 300 g/mol. The Kier molecular flexibility index (Phi) is 15.9. The summed E-state index contributed by atoms with van der Waals surface area (Å²) in [5.74, 6) is 0.770. The number of nitrogen functional groups attached to an aromatic ring is 1. The van der Waals surface area contributed by atoms with Crippen LogP contribution in [0.2, 0.25) is 0 Å². The molecule has 0 atom stereocenters. The van der Waals surface area contributed by atoms with Gasteiger partial charge in [0.15, 0.2) is 0 Å². The highest BCUT2D eigenvalue weighted by atomic mass is 15.3. The number of hydrogen-bond acceptors (Lipinski definition) is 5. The van der Waals surface area contributed by atoms with Gasteiger partial charge in [-0.1, -0.05) is 46.0 Å². The Bertz CT molecular complexity index is 447. The number of anilines is 1. The van der Waals surface area contributed by atoms with Crippen LogP contribution in [0.25, 0.3) is 0 Å². The fraction of sp³-hybridized carbons (Fsp3) is 0.722. The Morgan fingerprint density at radius 1 is 1.25 bits per heavy atom. The minimum Gasteiger partial charge on any atom is -0.384 e. The molecule has 1 aromatic heterocycles. The first-order valence-electron chi connectivity index (χ1n) is 9.14. The second-order valence-corrected chi connectivity index (χ2v) is 5.66.